The van der Waals surface area contributed by atoms with Gasteiger partial charge in [-0.15, -0.1) is 0 Å². The Balaban J connectivity index is 0.916. The number of rotatable bonds is 7. The van der Waals surface area contributed by atoms with Gasteiger partial charge in [0.2, 0.25) is 0 Å². The van der Waals surface area contributed by atoms with Crippen molar-refractivity contribution in [2.45, 2.75) is 12.3 Å². The molecule has 12 nitrogen and oxygen atoms in total. The molecule has 296 valence electrons. The maximum Gasteiger partial charge on any atom is 0.266 e. The number of allylic oxidation sites excluding steroid dienone is 4. The lowest BCUT2D eigenvalue weighted by Crippen LogP contribution is -2.30. The van der Waals surface area contributed by atoms with Crippen LogP contribution in [0.25, 0.3) is 16.5 Å². The number of hydrogen-bond donors (Lipinski definition) is 1. The topological polar surface area (TPSA) is 170 Å². The highest BCUT2D eigenvalue weighted by Gasteiger charge is 2.46. The summed E-state index contributed by atoms with van der Waals surface area (Å²) in [7, 11) is 0. The normalized spacial score (nSPS) is 15.2. The van der Waals surface area contributed by atoms with Gasteiger partial charge in [0.25, 0.3) is 17.4 Å². The van der Waals surface area contributed by atoms with Gasteiger partial charge < -0.3 is 14.5 Å². The Bertz CT molecular complexity index is 3330. The lowest BCUT2D eigenvalue weighted by Gasteiger charge is -2.20. The highest BCUT2D eigenvalue weighted by atomic mass is 16.5. The number of aromatic nitrogens is 2. The predicted octanol–water partition coefficient (Wildman–Crippen LogP) is 8.59. The number of carbonyl (C=O) groups is 6. The van der Waals surface area contributed by atoms with E-state index in [1.165, 1.54) is 30.3 Å². The van der Waals surface area contributed by atoms with Crippen LogP contribution in [0.3, 0.4) is 0 Å². The minimum Gasteiger partial charge on any atom is -0.457 e. The molecule has 12 heteroatoms. The third-order valence-corrected chi connectivity index (χ3v) is 11.5. The number of ether oxygens (including phenoxy) is 2. The second-order valence-electron chi connectivity index (χ2n) is 15.1. The zero-order chi connectivity index (χ0) is 42.4. The summed E-state index contributed by atoms with van der Waals surface area (Å²) in [6.07, 6.45) is 6.24. The summed E-state index contributed by atoms with van der Waals surface area (Å²) < 4.78 is 12.2. The van der Waals surface area contributed by atoms with Crippen LogP contribution in [0, 0.1) is 0 Å². The molecule has 6 aromatic carbocycles. The fraction of sp³-hybridized carbons (Fsp3) is 0.0400. The number of fused-ring (bicyclic) bond motifs is 6. The Kier molecular flexibility index (Phi) is 8.06. The number of carbonyl (C=O) groups excluding carboxylic acids is 6. The van der Waals surface area contributed by atoms with Crippen LogP contribution in [0.2, 0.25) is 0 Å². The lowest BCUT2D eigenvalue weighted by atomic mass is 9.83. The van der Waals surface area contributed by atoms with Crippen molar-refractivity contribution in [3.63, 3.8) is 0 Å². The number of imide groups is 1. The van der Waals surface area contributed by atoms with Gasteiger partial charge in [0.05, 0.1) is 33.3 Å². The van der Waals surface area contributed by atoms with Crippen LogP contribution >= 0.6 is 0 Å². The summed E-state index contributed by atoms with van der Waals surface area (Å²) in [6.45, 7) is 0. The van der Waals surface area contributed by atoms with Gasteiger partial charge in [0, 0.05) is 39.4 Å². The molecule has 11 rings (SSSR count). The second kappa shape index (κ2) is 13.7. The number of hydrogen-bond acceptors (Lipinski definition) is 10. The van der Waals surface area contributed by atoms with Crippen LogP contribution in [0.15, 0.2) is 144 Å². The molecule has 0 unspecified atom stereocenters. The number of nitrogens with zero attached hydrogens (tertiary/aromatic N) is 2. The smallest absolute Gasteiger partial charge is 0.266 e. The molecule has 0 spiro atoms. The Morgan fingerprint density at radius 2 is 1.18 bits per heavy atom. The van der Waals surface area contributed by atoms with E-state index in [9.17, 15) is 33.6 Å². The van der Waals surface area contributed by atoms with Gasteiger partial charge >= 0.3 is 0 Å². The zero-order valence-corrected chi connectivity index (χ0v) is 32.1. The van der Waals surface area contributed by atoms with Gasteiger partial charge in [0.15, 0.2) is 23.1 Å². The fourth-order valence-corrected chi connectivity index (χ4v) is 8.57. The summed E-state index contributed by atoms with van der Waals surface area (Å²) in [5.41, 5.74) is 0.727. The van der Waals surface area contributed by atoms with E-state index in [0.717, 1.165) is 10.5 Å². The van der Waals surface area contributed by atoms with Gasteiger partial charge in [-0.05, 0) is 78.7 Å². The summed E-state index contributed by atoms with van der Waals surface area (Å²) >= 11 is 0. The van der Waals surface area contributed by atoms with Crippen molar-refractivity contribution in [2.24, 2.45) is 0 Å². The zero-order valence-electron chi connectivity index (χ0n) is 32.1. The van der Waals surface area contributed by atoms with Crippen molar-refractivity contribution in [1.82, 2.24) is 9.97 Å². The van der Waals surface area contributed by atoms with Gasteiger partial charge in [-0.1, -0.05) is 66.8 Å². The first-order chi connectivity index (χ1) is 30.1. The van der Waals surface area contributed by atoms with Crippen LogP contribution in [-0.4, -0.2) is 44.9 Å². The van der Waals surface area contributed by atoms with Crippen molar-refractivity contribution < 1.29 is 38.2 Å². The summed E-state index contributed by atoms with van der Waals surface area (Å²) in [5, 5.41) is -0.00977. The van der Waals surface area contributed by atoms with Crippen LogP contribution in [0.5, 0.6) is 23.0 Å². The number of benzene rings is 6. The molecule has 1 aliphatic heterocycles. The van der Waals surface area contributed by atoms with Crippen LogP contribution in [0.1, 0.15) is 97.0 Å². The minimum atomic E-state index is -1.64. The molecule has 0 saturated carbocycles. The van der Waals surface area contributed by atoms with E-state index in [4.69, 9.17) is 9.47 Å². The third-order valence-electron chi connectivity index (χ3n) is 11.5. The van der Waals surface area contributed by atoms with Gasteiger partial charge in [-0.2, -0.15) is 0 Å². The molecular weight excluding hydrogens is 787 g/mol. The molecule has 62 heavy (non-hydrogen) atoms. The van der Waals surface area contributed by atoms with E-state index in [2.05, 4.69) is 9.97 Å². The van der Waals surface area contributed by atoms with Crippen molar-refractivity contribution in [2.75, 3.05) is 4.90 Å². The van der Waals surface area contributed by atoms with E-state index in [-0.39, 0.29) is 66.9 Å². The van der Waals surface area contributed by atoms with Crippen LogP contribution < -0.4 is 19.9 Å². The number of amides is 2. The van der Waals surface area contributed by atoms with E-state index in [0.29, 0.717) is 35.0 Å². The molecule has 0 fully saturated rings. The summed E-state index contributed by atoms with van der Waals surface area (Å²) in [4.78, 5) is 105. The minimum absolute atomic E-state index is 0.00977. The Morgan fingerprint density at radius 1 is 0.548 bits per heavy atom. The molecule has 2 amide bonds. The number of nitrogens with one attached hydrogen (secondary N) is 1. The standard InChI is InChI=1S/C50H27N3O9/c54-43-30-15-6-7-16-31(30)44(55)40-32(43)18-19-33-42(40)51-47(52-48(33)58)41-45(56)35-23-37-38(24-36(35)46(41)57)50(60)53(49(37)59)39-20-17-29(22-34(39)25-9-4-5-10-25)62-28-14-8-13-27(21-28)61-26-11-2-1-3-12-26/h1-9,11-24,41H,10H2,(H,51,52,58). The maximum absolute atomic E-state index is 14.3. The van der Waals surface area contributed by atoms with Crippen molar-refractivity contribution >= 4 is 57.1 Å². The molecule has 0 radical (unpaired) electrons. The first kappa shape index (κ1) is 36.4. The monoisotopic (exact) mass is 813 g/mol. The average molecular weight is 814 g/mol. The molecule has 7 aromatic rings. The Morgan fingerprint density at radius 3 is 1.85 bits per heavy atom. The van der Waals surface area contributed by atoms with E-state index >= 15 is 0 Å². The van der Waals surface area contributed by atoms with E-state index in [1.54, 1.807) is 54.6 Å². The second-order valence-corrected chi connectivity index (χ2v) is 15.1. The highest BCUT2D eigenvalue weighted by molar-refractivity contribution is 6.38. The number of Topliss-reactive ketones (excluding diaryl/α,β-unsaturated/α-hetero) is 2. The molecule has 4 aliphatic rings. The quantitative estimate of drug-likeness (QED) is 0.121. The van der Waals surface area contributed by atoms with Crippen LogP contribution in [-0.2, 0) is 0 Å². The van der Waals surface area contributed by atoms with Crippen molar-refractivity contribution in [3.8, 4) is 23.0 Å². The van der Waals surface area contributed by atoms with Gasteiger partial charge in [-0.25, -0.2) is 9.88 Å². The van der Waals surface area contributed by atoms with Gasteiger partial charge in [-0.3, -0.25) is 33.6 Å². The number of ketones is 4. The largest absolute Gasteiger partial charge is 0.457 e. The van der Waals surface area contributed by atoms with Gasteiger partial charge in [0.1, 0.15) is 34.7 Å². The molecule has 0 atom stereocenters. The molecule has 3 aliphatic carbocycles. The average Bonchev–Trinajstić information content (AvgIpc) is 3.97. The first-order valence-corrected chi connectivity index (χ1v) is 19.6. The van der Waals surface area contributed by atoms with E-state index in [1.807, 2.05) is 54.6 Å². The molecule has 1 N–H and O–H groups in total. The number of anilines is 1. The number of H-pyrrole nitrogens is 1. The summed E-state index contributed by atoms with van der Waals surface area (Å²) in [5.74, 6) is -3.67. The third kappa shape index (κ3) is 5.54. The lowest BCUT2D eigenvalue weighted by molar-refractivity contribution is 0.0882. The number of para-hydroxylation sites is 1. The molecule has 0 saturated heterocycles. The molecule has 0 bridgehead atoms. The predicted molar refractivity (Wildman–Crippen MR) is 226 cm³/mol. The highest BCUT2D eigenvalue weighted by Crippen LogP contribution is 2.42. The molecular formula is C50H27N3O9. The molecule has 2 heterocycles. The van der Waals surface area contributed by atoms with Crippen molar-refractivity contribution in [3.05, 3.63) is 206 Å². The SMILES string of the molecule is O=C1c2ccccc2C(=O)c2c1ccc1c(=O)[nH]c(C3C(=O)c4cc5c(cc4C3=O)C(=O)N(c3ccc(Oc4cccc(Oc6ccccc6)c4)cc3C3=CC=CC3)C5=O)nc21. The first-order valence-electron chi connectivity index (χ1n) is 19.6. The maximum atomic E-state index is 14.3. The van der Waals surface area contributed by atoms with Crippen molar-refractivity contribution in [1.29, 1.82) is 0 Å². The Hall–Kier alpha value is -8.64. The Labute approximate surface area is 350 Å². The van der Waals surface area contributed by atoms with E-state index < -0.39 is 46.4 Å². The summed E-state index contributed by atoms with van der Waals surface area (Å²) in [6, 6.07) is 33.0. The van der Waals surface area contributed by atoms with Crippen LogP contribution in [0.4, 0.5) is 5.69 Å². The molecule has 1 aromatic heterocycles. The fourth-order valence-electron chi connectivity index (χ4n) is 8.57. The number of aromatic amines is 1.